The second-order valence-electron chi connectivity index (χ2n) is 2.07. The zero-order valence-corrected chi connectivity index (χ0v) is 9.49. The van der Waals surface area contributed by atoms with E-state index in [4.69, 9.17) is 0 Å². The fourth-order valence-corrected chi connectivity index (χ4v) is 2.70. The summed E-state index contributed by atoms with van der Waals surface area (Å²) in [5.74, 6) is 0. The van der Waals surface area contributed by atoms with E-state index in [1.54, 1.807) is 0 Å². The van der Waals surface area contributed by atoms with Crippen LogP contribution in [-0.4, -0.2) is 14.5 Å². The Balaban J connectivity index is 2.58. The molecular weight excluding hydrogens is 312 g/mol. The maximum atomic E-state index is 3.57. The summed E-state index contributed by atoms with van der Waals surface area (Å²) in [7, 11) is 0. The zero-order chi connectivity index (χ0) is 6.85. The smallest absolute Gasteiger partial charge is 0.0461 e. The second kappa shape index (κ2) is 3.54. The molecule has 52 valence electrons. The van der Waals surface area contributed by atoms with Crippen molar-refractivity contribution in [2.45, 2.75) is 20.9 Å². The molecule has 0 nitrogen and oxygen atoms in total. The summed E-state index contributed by atoms with van der Waals surface area (Å²) in [4.78, 5) is 1.59. The average Bonchev–Trinajstić information content (AvgIpc) is 1.83. The largest absolute Gasteiger partial charge is 0.0875 e. The Morgan fingerprint density at radius 3 is 2.33 bits per heavy atom. The van der Waals surface area contributed by atoms with Crippen LogP contribution in [0.4, 0.5) is 0 Å². The van der Waals surface area contributed by atoms with E-state index in [1.807, 2.05) is 0 Å². The molecule has 0 saturated carbocycles. The van der Waals surface area contributed by atoms with Crippen molar-refractivity contribution in [2.75, 3.05) is 0 Å². The van der Waals surface area contributed by atoms with Gasteiger partial charge in [-0.3, -0.25) is 0 Å². The van der Waals surface area contributed by atoms with Crippen LogP contribution in [0.2, 0.25) is 0 Å². The molecule has 3 atom stereocenters. The minimum absolute atomic E-state index is 0.482. The molecule has 3 heteroatoms. The van der Waals surface area contributed by atoms with E-state index in [0.717, 1.165) is 6.42 Å². The standard InChI is InChI=1S/C6H7Br3/c7-4-2-1-3-5(8)6(4)9/h1-2,4-6H,3H2. The van der Waals surface area contributed by atoms with E-state index in [2.05, 4.69) is 59.9 Å². The molecule has 9 heavy (non-hydrogen) atoms. The Morgan fingerprint density at radius 2 is 1.89 bits per heavy atom. The average molecular weight is 319 g/mol. The number of hydrogen-bond acceptors (Lipinski definition) is 0. The summed E-state index contributed by atoms with van der Waals surface area (Å²) in [6.07, 6.45) is 5.49. The predicted octanol–water partition coefficient (Wildman–Crippen LogP) is 3.24. The fraction of sp³-hybridized carbons (Fsp3) is 0.667. The van der Waals surface area contributed by atoms with Crippen molar-refractivity contribution in [1.29, 1.82) is 0 Å². The third-order valence-corrected chi connectivity index (χ3v) is 5.78. The van der Waals surface area contributed by atoms with Crippen LogP contribution < -0.4 is 0 Å². The Hall–Kier alpha value is 1.18. The molecule has 0 aliphatic heterocycles. The molecule has 0 radical (unpaired) electrons. The van der Waals surface area contributed by atoms with Crippen molar-refractivity contribution >= 4 is 47.8 Å². The first-order valence-corrected chi connectivity index (χ1v) is 5.55. The van der Waals surface area contributed by atoms with Gasteiger partial charge < -0.3 is 0 Å². The first kappa shape index (κ1) is 8.28. The molecule has 0 aromatic carbocycles. The molecule has 0 aromatic heterocycles. The molecule has 0 fully saturated rings. The SMILES string of the molecule is BrC1C=CCC(Br)C1Br. The van der Waals surface area contributed by atoms with E-state index >= 15 is 0 Å². The molecular formula is C6H7Br3. The van der Waals surface area contributed by atoms with Gasteiger partial charge in [0.2, 0.25) is 0 Å². The van der Waals surface area contributed by atoms with Gasteiger partial charge in [-0.2, -0.15) is 0 Å². The number of allylic oxidation sites excluding steroid dienone is 2. The van der Waals surface area contributed by atoms with Gasteiger partial charge in [-0.15, -0.1) is 0 Å². The summed E-state index contributed by atoms with van der Waals surface area (Å²) in [6, 6.07) is 0. The zero-order valence-electron chi connectivity index (χ0n) is 4.73. The van der Waals surface area contributed by atoms with E-state index in [9.17, 15) is 0 Å². The maximum Gasteiger partial charge on any atom is 0.0461 e. The molecule has 1 aliphatic rings. The van der Waals surface area contributed by atoms with Gasteiger partial charge in [-0.05, 0) is 6.42 Å². The van der Waals surface area contributed by atoms with Gasteiger partial charge in [0, 0.05) is 14.5 Å². The normalized spacial score (nSPS) is 43.2. The van der Waals surface area contributed by atoms with Crippen LogP contribution in [0.5, 0.6) is 0 Å². The summed E-state index contributed by atoms with van der Waals surface area (Å²) in [6.45, 7) is 0. The highest BCUT2D eigenvalue weighted by Crippen LogP contribution is 2.29. The highest BCUT2D eigenvalue weighted by Gasteiger charge is 2.23. The molecule has 1 rings (SSSR count). The van der Waals surface area contributed by atoms with Crippen LogP contribution in [0, 0.1) is 0 Å². The van der Waals surface area contributed by atoms with Gasteiger partial charge in [0.15, 0.2) is 0 Å². The topological polar surface area (TPSA) is 0 Å². The van der Waals surface area contributed by atoms with Crippen molar-refractivity contribution in [3.63, 3.8) is 0 Å². The van der Waals surface area contributed by atoms with E-state index in [0.29, 0.717) is 14.5 Å². The molecule has 0 heterocycles. The van der Waals surface area contributed by atoms with E-state index in [1.165, 1.54) is 0 Å². The first-order chi connectivity index (χ1) is 4.22. The summed E-state index contributed by atoms with van der Waals surface area (Å²) in [5, 5.41) is 0. The lowest BCUT2D eigenvalue weighted by atomic mass is 10.1. The Kier molecular flexibility index (Phi) is 3.25. The van der Waals surface area contributed by atoms with Crippen LogP contribution >= 0.6 is 47.8 Å². The summed E-state index contributed by atoms with van der Waals surface area (Å²) < 4.78 is 0. The number of halogens is 3. The maximum absolute atomic E-state index is 3.57. The summed E-state index contributed by atoms with van der Waals surface area (Å²) in [5.41, 5.74) is 0. The Morgan fingerprint density at radius 1 is 1.22 bits per heavy atom. The lowest BCUT2D eigenvalue weighted by Gasteiger charge is -2.22. The van der Waals surface area contributed by atoms with E-state index < -0.39 is 0 Å². The van der Waals surface area contributed by atoms with Crippen LogP contribution in [0.3, 0.4) is 0 Å². The van der Waals surface area contributed by atoms with Gasteiger partial charge in [-0.1, -0.05) is 59.9 Å². The lowest BCUT2D eigenvalue weighted by Crippen LogP contribution is -2.25. The van der Waals surface area contributed by atoms with Gasteiger partial charge in [0.25, 0.3) is 0 Å². The molecule has 0 saturated heterocycles. The van der Waals surface area contributed by atoms with Crippen molar-refractivity contribution in [2.24, 2.45) is 0 Å². The monoisotopic (exact) mass is 316 g/mol. The van der Waals surface area contributed by atoms with Crippen LogP contribution in [0.1, 0.15) is 6.42 Å². The first-order valence-electron chi connectivity index (χ1n) is 2.80. The van der Waals surface area contributed by atoms with Gasteiger partial charge in [-0.25, -0.2) is 0 Å². The molecule has 0 bridgehead atoms. The van der Waals surface area contributed by atoms with Gasteiger partial charge >= 0.3 is 0 Å². The van der Waals surface area contributed by atoms with Crippen molar-refractivity contribution in [3.8, 4) is 0 Å². The number of alkyl halides is 3. The van der Waals surface area contributed by atoms with Crippen molar-refractivity contribution in [1.82, 2.24) is 0 Å². The molecule has 0 N–H and O–H groups in total. The van der Waals surface area contributed by atoms with Crippen molar-refractivity contribution in [3.05, 3.63) is 12.2 Å². The minimum atomic E-state index is 0.482. The minimum Gasteiger partial charge on any atom is -0.0875 e. The highest BCUT2D eigenvalue weighted by molar-refractivity contribution is 9.13. The second-order valence-corrected chi connectivity index (χ2v) is 5.36. The number of rotatable bonds is 0. The quantitative estimate of drug-likeness (QED) is 0.475. The predicted molar refractivity (Wildman–Crippen MR) is 51.9 cm³/mol. The van der Waals surface area contributed by atoms with Crippen LogP contribution in [0.15, 0.2) is 12.2 Å². The van der Waals surface area contributed by atoms with Crippen LogP contribution in [0.25, 0.3) is 0 Å². The Labute approximate surface area is 80.5 Å². The molecule has 0 spiro atoms. The number of hydrogen-bond donors (Lipinski definition) is 0. The molecule has 0 amide bonds. The molecule has 1 aliphatic carbocycles. The third kappa shape index (κ3) is 2.05. The van der Waals surface area contributed by atoms with Gasteiger partial charge in [0.05, 0.1) is 0 Å². The molecule has 3 unspecified atom stereocenters. The van der Waals surface area contributed by atoms with Crippen molar-refractivity contribution < 1.29 is 0 Å². The van der Waals surface area contributed by atoms with E-state index in [-0.39, 0.29) is 0 Å². The van der Waals surface area contributed by atoms with Crippen LogP contribution in [-0.2, 0) is 0 Å². The molecule has 0 aromatic rings. The van der Waals surface area contributed by atoms with Gasteiger partial charge in [0.1, 0.15) is 0 Å². The fourth-order valence-electron chi connectivity index (χ4n) is 0.774. The highest BCUT2D eigenvalue weighted by atomic mass is 79.9. The summed E-state index contributed by atoms with van der Waals surface area (Å²) >= 11 is 10.7. The Bertz CT molecular complexity index is 121. The lowest BCUT2D eigenvalue weighted by molar-refractivity contribution is 0.807. The third-order valence-electron chi connectivity index (χ3n) is 1.33.